The molecule has 2 unspecified atom stereocenters. The molecule has 1 aliphatic rings. The monoisotopic (exact) mass is 273 g/mol. The summed E-state index contributed by atoms with van der Waals surface area (Å²) in [6, 6.07) is 0. The van der Waals surface area contributed by atoms with E-state index < -0.39 is 8.72 Å². The molecule has 2 atom stereocenters. The van der Waals surface area contributed by atoms with Crippen LogP contribution in [-0.4, -0.2) is 29.5 Å². The summed E-state index contributed by atoms with van der Waals surface area (Å²) in [5, 5.41) is 0. The Morgan fingerprint density at radius 3 is 2.11 bits per heavy atom. The third-order valence-corrected chi connectivity index (χ3v) is 8.46. The van der Waals surface area contributed by atoms with Crippen molar-refractivity contribution in [2.24, 2.45) is 11.8 Å². The molecule has 0 aliphatic heterocycles. The lowest BCUT2D eigenvalue weighted by Crippen LogP contribution is -2.62. The summed E-state index contributed by atoms with van der Waals surface area (Å²) in [7, 11) is 1.39. The molecule has 0 bridgehead atoms. The molecule has 0 amide bonds. The van der Waals surface area contributed by atoms with Gasteiger partial charge in [0.25, 0.3) is 0 Å². The van der Waals surface area contributed by atoms with Crippen LogP contribution in [0.2, 0.25) is 5.54 Å². The van der Waals surface area contributed by atoms with E-state index in [-0.39, 0.29) is 0 Å². The number of rotatable bonds is 7. The number of hydrogen-bond acceptors (Lipinski definition) is 3. The number of hydrogen-bond donors (Lipinski definition) is 1. The van der Waals surface area contributed by atoms with Crippen molar-refractivity contribution in [3.05, 3.63) is 0 Å². The number of nitrogens with one attached hydrogen (secondary N) is 1. The summed E-state index contributed by atoms with van der Waals surface area (Å²) in [5.74, 6) is 1.41. The van der Waals surface area contributed by atoms with E-state index in [4.69, 9.17) is 8.85 Å². The molecule has 0 spiro atoms. The first-order valence-electron chi connectivity index (χ1n) is 7.46. The van der Waals surface area contributed by atoms with E-state index >= 15 is 0 Å². The third-order valence-electron chi connectivity index (χ3n) is 4.49. The molecule has 108 valence electrons. The molecule has 3 nitrogen and oxygen atoms in total. The molecular weight excluding hydrogens is 242 g/mol. The maximum atomic E-state index is 5.92. The van der Waals surface area contributed by atoms with Crippen molar-refractivity contribution in [2.45, 2.75) is 58.4 Å². The van der Waals surface area contributed by atoms with Crippen LogP contribution in [0.3, 0.4) is 0 Å². The van der Waals surface area contributed by atoms with Gasteiger partial charge in [0.1, 0.15) is 0 Å². The van der Waals surface area contributed by atoms with Crippen LogP contribution in [0.4, 0.5) is 0 Å². The van der Waals surface area contributed by atoms with Crippen LogP contribution in [-0.2, 0) is 8.85 Å². The Kier molecular flexibility index (Phi) is 6.85. The van der Waals surface area contributed by atoms with Crippen LogP contribution in [0, 0.1) is 11.8 Å². The van der Waals surface area contributed by atoms with Crippen LogP contribution in [0.5, 0.6) is 0 Å². The SMILES string of the molecule is CCCCN[Si](OC)(OC)C1C(C)CCCC1C. The molecule has 0 aromatic carbocycles. The van der Waals surface area contributed by atoms with Crippen molar-refractivity contribution >= 4 is 8.72 Å². The highest BCUT2D eigenvalue weighted by atomic mass is 28.4. The van der Waals surface area contributed by atoms with Gasteiger partial charge in [-0.25, -0.2) is 0 Å². The first-order valence-corrected chi connectivity index (χ1v) is 9.36. The van der Waals surface area contributed by atoms with E-state index in [1.807, 2.05) is 14.2 Å². The van der Waals surface area contributed by atoms with Crippen LogP contribution < -0.4 is 4.98 Å². The predicted octanol–water partition coefficient (Wildman–Crippen LogP) is 3.43. The summed E-state index contributed by atoms with van der Waals surface area (Å²) < 4.78 is 11.8. The van der Waals surface area contributed by atoms with Gasteiger partial charge in [0, 0.05) is 19.8 Å². The van der Waals surface area contributed by atoms with Crippen molar-refractivity contribution < 1.29 is 8.85 Å². The Balaban J connectivity index is 2.79. The fourth-order valence-corrected chi connectivity index (χ4v) is 7.08. The highest BCUT2D eigenvalue weighted by Crippen LogP contribution is 2.44. The van der Waals surface area contributed by atoms with E-state index in [1.165, 1.54) is 32.1 Å². The standard InChI is InChI=1S/C14H31NO2Si/c1-6-7-11-15-18(16-4,17-5)14-12(2)9-8-10-13(14)3/h12-15H,6-11H2,1-5H3. The summed E-state index contributed by atoms with van der Waals surface area (Å²) in [5.41, 5.74) is 0.568. The summed E-state index contributed by atoms with van der Waals surface area (Å²) in [6.07, 6.45) is 6.38. The van der Waals surface area contributed by atoms with Crippen LogP contribution >= 0.6 is 0 Å². The Hall–Kier alpha value is 0.0969. The largest absolute Gasteiger partial charge is 0.428 e. The fraction of sp³-hybridized carbons (Fsp3) is 1.00. The zero-order valence-electron chi connectivity index (χ0n) is 12.8. The van der Waals surface area contributed by atoms with Gasteiger partial charge in [-0.3, -0.25) is 4.98 Å². The fourth-order valence-electron chi connectivity index (χ4n) is 3.49. The molecule has 1 N–H and O–H groups in total. The van der Waals surface area contributed by atoms with Gasteiger partial charge in [-0.05, 0) is 24.8 Å². The van der Waals surface area contributed by atoms with Crippen molar-refractivity contribution in [3.63, 3.8) is 0 Å². The Labute approximate surface area is 114 Å². The van der Waals surface area contributed by atoms with Crippen molar-refractivity contribution in [3.8, 4) is 0 Å². The molecule has 0 heterocycles. The minimum atomic E-state index is -2.26. The molecule has 0 saturated heterocycles. The van der Waals surface area contributed by atoms with E-state index in [1.54, 1.807) is 0 Å². The first-order chi connectivity index (χ1) is 8.61. The van der Waals surface area contributed by atoms with Gasteiger partial charge < -0.3 is 8.85 Å². The van der Waals surface area contributed by atoms with Gasteiger partial charge in [0.15, 0.2) is 0 Å². The topological polar surface area (TPSA) is 30.5 Å². The van der Waals surface area contributed by atoms with E-state index in [0.29, 0.717) is 17.4 Å². The van der Waals surface area contributed by atoms with Crippen LogP contribution in [0.1, 0.15) is 52.9 Å². The van der Waals surface area contributed by atoms with E-state index in [2.05, 4.69) is 25.8 Å². The normalized spacial score (nSPS) is 29.5. The summed E-state index contributed by atoms with van der Waals surface area (Å²) in [6.45, 7) is 7.96. The average molecular weight is 273 g/mol. The average Bonchev–Trinajstić information content (AvgIpc) is 2.37. The number of unbranched alkanes of at least 4 members (excludes halogenated alkanes) is 1. The maximum Gasteiger partial charge on any atom is 0.428 e. The Bertz CT molecular complexity index is 224. The van der Waals surface area contributed by atoms with Crippen molar-refractivity contribution in [2.75, 3.05) is 20.8 Å². The van der Waals surface area contributed by atoms with Gasteiger partial charge in [-0.15, -0.1) is 0 Å². The zero-order valence-corrected chi connectivity index (χ0v) is 13.8. The smallest absolute Gasteiger partial charge is 0.386 e. The summed E-state index contributed by atoms with van der Waals surface area (Å²) in [4.78, 5) is 3.66. The molecule has 1 fully saturated rings. The van der Waals surface area contributed by atoms with Crippen molar-refractivity contribution in [1.82, 2.24) is 4.98 Å². The Morgan fingerprint density at radius 1 is 1.11 bits per heavy atom. The van der Waals surface area contributed by atoms with E-state index in [9.17, 15) is 0 Å². The molecular formula is C14H31NO2Si. The van der Waals surface area contributed by atoms with Gasteiger partial charge >= 0.3 is 8.72 Å². The third kappa shape index (κ3) is 3.56. The van der Waals surface area contributed by atoms with Gasteiger partial charge in [0.2, 0.25) is 0 Å². The maximum absolute atomic E-state index is 5.92. The molecule has 1 saturated carbocycles. The molecule has 0 aromatic heterocycles. The predicted molar refractivity (Wildman–Crippen MR) is 78.6 cm³/mol. The van der Waals surface area contributed by atoms with Gasteiger partial charge in [-0.2, -0.15) is 0 Å². The van der Waals surface area contributed by atoms with E-state index in [0.717, 1.165) is 6.54 Å². The lowest BCUT2D eigenvalue weighted by atomic mass is 9.83. The second-order valence-electron chi connectivity index (χ2n) is 5.77. The highest BCUT2D eigenvalue weighted by Gasteiger charge is 2.51. The van der Waals surface area contributed by atoms with Crippen LogP contribution in [0.15, 0.2) is 0 Å². The molecule has 1 rings (SSSR count). The highest BCUT2D eigenvalue weighted by molar-refractivity contribution is 6.66. The minimum absolute atomic E-state index is 0.568. The lowest BCUT2D eigenvalue weighted by Gasteiger charge is -2.44. The molecule has 1 aliphatic carbocycles. The molecule has 4 heteroatoms. The van der Waals surface area contributed by atoms with Crippen LogP contribution in [0.25, 0.3) is 0 Å². The van der Waals surface area contributed by atoms with Gasteiger partial charge in [-0.1, -0.05) is 46.5 Å². The van der Waals surface area contributed by atoms with Gasteiger partial charge in [0.05, 0.1) is 0 Å². The zero-order chi connectivity index (χ0) is 13.6. The first kappa shape index (κ1) is 16.2. The second-order valence-corrected chi connectivity index (χ2v) is 8.94. The quantitative estimate of drug-likeness (QED) is 0.569. The lowest BCUT2D eigenvalue weighted by molar-refractivity contribution is 0.163. The van der Waals surface area contributed by atoms with Crippen molar-refractivity contribution in [1.29, 1.82) is 0 Å². The molecule has 0 radical (unpaired) electrons. The summed E-state index contributed by atoms with van der Waals surface area (Å²) >= 11 is 0. The molecule has 18 heavy (non-hydrogen) atoms. The Morgan fingerprint density at radius 2 is 1.67 bits per heavy atom. The second kappa shape index (κ2) is 7.63. The minimum Gasteiger partial charge on any atom is -0.386 e. The molecule has 0 aromatic rings.